The van der Waals surface area contributed by atoms with Crippen LogP contribution in [-0.4, -0.2) is 38.3 Å². The number of hydrogen-bond donors (Lipinski definition) is 3. The van der Waals surface area contributed by atoms with Crippen LogP contribution >= 0.6 is 0 Å². The molecular weight excluding hydrogens is 499 g/mol. The summed E-state index contributed by atoms with van der Waals surface area (Å²) in [5.41, 5.74) is 2.02. The van der Waals surface area contributed by atoms with Crippen LogP contribution in [0.2, 0.25) is 0 Å². The van der Waals surface area contributed by atoms with Crippen molar-refractivity contribution < 1.29 is 27.9 Å². The zero-order valence-corrected chi connectivity index (χ0v) is 21.0. The average Bonchev–Trinajstić information content (AvgIpc) is 3.39. The molecular formula is C27H30F3N5O3. The van der Waals surface area contributed by atoms with Crippen molar-refractivity contribution in [1.82, 2.24) is 20.1 Å². The second-order valence-electron chi connectivity index (χ2n) is 9.56. The predicted molar refractivity (Wildman–Crippen MR) is 135 cm³/mol. The van der Waals surface area contributed by atoms with E-state index in [1.165, 1.54) is 17.3 Å². The molecule has 11 heteroatoms. The van der Waals surface area contributed by atoms with Gasteiger partial charge in [-0.25, -0.2) is 9.67 Å². The number of rotatable bonds is 9. The third-order valence-electron chi connectivity index (χ3n) is 6.84. The average molecular weight is 530 g/mol. The van der Waals surface area contributed by atoms with Crippen LogP contribution in [0, 0.1) is 12.8 Å². The van der Waals surface area contributed by atoms with Gasteiger partial charge in [-0.2, -0.15) is 18.3 Å². The first kappa shape index (κ1) is 27.2. The first-order valence-electron chi connectivity index (χ1n) is 12.6. The fraction of sp³-hybridized carbons (Fsp3) is 0.407. The van der Waals surface area contributed by atoms with Gasteiger partial charge < -0.3 is 15.7 Å². The number of aryl methyl sites for hydroxylation is 1. The van der Waals surface area contributed by atoms with Gasteiger partial charge >= 0.3 is 12.1 Å². The van der Waals surface area contributed by atoms with Crippen LogP contribution < -0.4 is 10.6 Å². The highest BCUT2D eigenvalue weighted by molar-refractivity contribution is 5.94. The Balaban J connectivity index is 1.54. The normalized spacial score (nSPS) is 15.2. The third kappa shape index (κ3) is 6.70. The molecule has 2 aromatic heterocycles. The molecule has 1 saturated carbocycles. The van der Waals surface area contributed by atoms with Crippen LogP contribution in [0.3, 0.4) is 0 Å². The van der Waals surface area contributed by atoms with Crippen LogP contribution in [0.1, 0.15) is 71.6 Å². The van der Waals surface area contributed by atoms with Crippen molar-refractivity contribution in [3.63, 3.8) is 0 Å². The molecule has 0 saturated heterocycles. The fourth-order valence-corrected chi connectivity index (χ4v) is 4.84. The van der Waals surface area contributed by atoms with E-state index in [0.717, 1.165) is 49.2 Å². The number of alkyl halides is 3. The Morgan fingerprint density at radius 1 is 1.13 bits per heavy atom. The summed E-state index contributed by atoms with van der Waals surface area (Å²) >= 11 is 0. The van der Waals surface area contributed by atoms with E-state index < -0.39 is 23.6 Å². The molecule has 0 radical (unpaired) electrons. The molecule has 3 N–H and O–H groups in total. The maximum atomic E-state index is 13.0. The van der Waals surface area contributed by atoms with Crippen molar-refractivity contribution in [2.75, 3.05) is 11.9 Å². The predicted octanol–water partition coefficient (Wildman–Crippen LogP) is 5.53. The Kier molecular flexibility index (Phi) is 8.33. The summed E-state index contributed by atoms with van der Waals surface area (Å²) in [6, 6.07) is 8.80. The van der Waals surface area contributed by atoms with E-state index >= 15 is 0 Å². The van der Waals surface area contributed by atoms with Crippen LogP contribution in [0.25, 0.3) is 5.69 Å². The highest BCUT2D eigenvalue weighted by Crippen LogP contribution is 2.38. The number of amides is 1. The lowest BCUT2D eigenvalue weighted by molar-refractivity contribution is -0.138. The van der Waals surface area contributed by atoms with E-state index in [1.807, 2.05) is 19.1 Å². The molecule has 0 bridgehead atoms. The van der Waals surface area contributed by atoms with Crippen molar-refractivity contribution >= 4 is 17.7 Å². The summed E-state index contributed by atoms with van der Waals surface area (Å²) in [5.74, 6) is -0.452. The van der Waals surface area contributed by atoms with Crippen LogP contribution in [0.4, 0.5) is 19.0 Å². The summed E-state index contributed by atoms with van der Waals surface area (Å²) in [6.45, 7) is 1.96. The molecule has 1 fully saturated rings. The maximum absolute atomic E-state index is 13.0. The lowest BCUT2D eigenvalue weighted by Gasteiger charge is -2.33. The molecule has 1 amide bonds. The minimum Gasteiger partial charge on any atom is -0.481 e. The topological polar surface area (TPSA) is 109 Å². The molecule has 1 atom stereocenters. The highest BCUT2D eigenvalue weighted by atomic mass is 19.4. The summed E-state index contributed by atoms with van der Waals surface area (Å²) in [5, 5.41) is 18.7. The number of benzene rings is 1. The lowest BCUT2D eigenvalue weighted by atomic mass is 9.80. The molecule has 0 aliphatic heterocycles. The molecule has 0 spiro atoms. The number of anilines is 1. The molecule has 2 heterocycles. The van der Waals surface area contributed by atoms with Gasteiger partial charge in [0.1, 0.15) is 5.82 Å². The Labute approximate surface area is 218 Å². The van der Waals surface area contributed by atoms with E-state index in [4.69, 9.17) is 5.11 Å². The smallest absolute Gasteiger partial charge is 0.419 e. The first-order chi connectivity index (χ1) is 18.1. The number of carboxylic acids is 1. The van der Waals surface area contributed by atoms with Crippen molar-refractivity contribution in [3.05, 3.63) is 71.2 Å². The Bertz CT molecular complexity index is 1270. The summed E-state index contributed by atoms with van der Waals surface area (Å²) in [6.07, 6.45) is 4.13. The van der Waals surface area contributed by atoms with Gasteiger partial charge in [0, 0.05) is 18.9 Å². The number of aliphatic carboxylic acids is 1. The first-order valence-corrected chi connectivity index (χ1v) is 12.6. The standard InChI is InChI=1S/C27H30F3N5O3/c1-17-13-21(35-16-20(15-33-35)27(28,29)30)8-9-22(17)25(18-5-3-2-4-6-18)34-23-10-7-19(14-32-23)26(38)31-12-11-24(36)37/h7-10,13-16,18,25H,2-6,11-12H2,1H3,(H,31,38)(H,32,34)(H,36,37). The van der Waals surface area contributed by atoms with Gasteiger partial charge in [-0.1, -0.05) is 25.3 Å². The van der Waals surface area contributed by atoms with Gasteiger partial charge in [0.2, 0.25) is 0 Å². The number of halogens is 3. The van der Waals surface area contributed by atoms with Gasteiger partial charge in [-0.05, 0) is 61.1 Å². The molecule has 4 rings (SSSR count). The van der Waals surface area contributed by atoms with Crippen molar-refractivity contribution in [3.8, 4) is 5.69 Å². The van der Waals surface area contributed by atoms with E-state index in [9.17, 15) is 22.8 Å². The summed E-state index contributed by atoms with van der Waals surface area (Å²) in [4.78, 5) is 27.3. The van der Waals surface area contributed by atoms with Gasteiger partial charge in [0.05, 0.1) is 35.5 Å². The van der Waals surface area contributed by atoms with Crippen LogP contribution in [0.5, 0.6) is 0 Å². The van der Waals surface area contributed by atoms with E-state index in [0.29, 0.717) is 23.0 Å². The van der Waals surface area contributed by atoms with Crippen molar-refractivity contribution in [2.45, 2.75) is 57.7 Å². The lowest BCUT2D eigenvalue weighted by Crippen LogP contribution is -2.26. The largest absolute Gasteiger partial charge is 0.481 e. The SMILES string of the molecule is Cc1cc(-n2cc(C(F)(F)F)cn2)ccc1C(Nc1ccc(C(=O)NCCC(=O)O)cn1)C1CCCCC1. The number of nitrogens with zero attached hydrogens (tertiary/aromatic N) is 3. The molecule has 1 aromatic carbocycles. The number of carboxylic acid groups (broad SMARTS) is 1. The molecule has 3 aromatic rings. The summed E-state index contributed by atoms with van der Waals surface area (Å²) < 4.78 is 40.3. The van der Waals surface area contributed by atoms with Crippen molar-refractivity contribution in [1.29, 1.82) is 0 Å². The monoisotopic (exact) mass is 529 g/mol. The number of hydrogen-bond acceptors (Lipinski definition) is 5. The minimum atomic E-state index is -4.45. The Hall–Kier alpha value is -3.89. The molecule has 202 valence electrons. The van der Waals surface area contributed by atoms with Crippen molar-refractivity contribution in [2.24, 2.45) is 5.92 Å². The molecule has 1 unspecified atom stereocenters. The van der Waals surface area contributed by atoms with Gasteiger partial charge in [0.25, 0.3) is 5.91 Å². The third-order valence-corrected chi connectivity index (χ3v) is 6.84. The van der Waals surface area contributed by atoms with Gasteiger partial charge in [0.15, 0.2) is 0 Å². The van der Waals surface area contributed by atoms with Crippen LogP contribution in [0.15, 0.2) is 48.9 Å². The van der Waals surface area contributed by atoms with Crippen LogP contribution in [-0.2, 0) is 11.0 Å². The molecule has 1 aliphatic rings. The number of carbonyl (C=O) groups excluding carboxylic acids is 1. The number of nitrogens with one attached hydrogen (secondary N) is 2. The summed E-state index contributed by atoms with van der Waals surface area (Å²) in [7, 11) is 0. The maximum Gasteiger partial charge on any atom is 0.419 e. The zero-order valence-electron chi connectivity index (χ0n) is 21.0. The minimum absolute atomic E-state index is 0.0310. The second kappa shape index (κ2) is 11.7. The number of pyridine rings is 1. The van der Waals surface area contributed by atoms with E-state index in [1.54, 1.807) is 18.2 Å². The van der Waals surface area contributed by atoms with E-state index in [2.05, 4.69) is 20.7 Å². The number of carbonyl (C=O) groups is 2. The molecule has 1 aliphatic carbocycles. The van der Waals surface area contributed by atoms with E-state index in [-0.39, 0.29) is 19.0 Å². The second-order valence-corrected chi connectivity index (χ2v) is 9.56. The molecule has 8 nitrogen and oxygen atoms in total. The molecule has 38 heavy (non-hydrogen) atoms. The Morgan fingerprint density at radius 2 is 1.89 bits per heavy atom. The van der Waals surface area contributed by atoms with Gasteiger partial charge in [-0.15, -0.1) is 0 Å². The quantitative estimate of drug-likeness (QED) is 0.336. The highest BCUT2D eigenvalue weighted by Gasteiger charge is 2.32. The Morgan fingerprint density at radius 3 is 2.50 bits per heavy atom. The fourth-order valence-electron chi connectivity index (χ4n) is 4.84. The van der Waals surface area contributed by atoms with Gasteiger partial charge in [-0.3, -0.25) is 9.59 Å². The number of aromatic nitrogens is 3. The zero-order chi connectivity index (χ0) is 27.3.